The lowest BCUT2D eigenvalue weighted by molar-refractivity contribution is -0.144. The molecule has 0 aromatic rings. The van der Waals surface area contributed by atoms with Crippen molar-refractivity contribution in [3.05, 3.63) is 0 Å². The van der Waals surface area contributed by atoms with Crippen LogP contribution in [0.1, 0.15) is 27.7 Å². The summed E-state index contributed by atoms with van der Waals surface area (Å²) in [6.45, 7) is 8.55. The molecule has 4 heteroatoms. The topological polar surface area (TPSA) is 49.8 Å². The molecule has 0 heterocycles. The number of rotatable bonds is 6. The smallest absolute Gasteiger partial charge is 0.320 e. The maximum absolute atomic E-state index is 11.2. The molecule has 0 aliphatic rings. The Morgan fingerprint density at radius 1 is 1.53 bits per heavy atom. The molecule has 0 fully saturated rings. The molecular weight excluding hydrogens is 194 g/mol. The molecule has 90 valence electrons. The van der Waals surface area contributed by atoms with Gasteiger partial charge in [-0.3, -0.25) is 9.69 Å². The lowest BCUT2D eigenvalue weighted by atomic mass is 9.92. The quantitative estimate of drug-likeness (QED) is 0.671. The van der Waals surface area contributed by atoms with Crippen molar-refractivity contribution >= 4 is 5.97 Å². The van der Waals surface area contributed by atoms with E-state index in [2.05, 4.69) is 0 Å². The number of nitrogens with zero attached hydrogens (tertiary/aromatic N) is 1. The third-order valence-electron chi connectivity index (χ3n) is 2.54. The first-order valence-corrected chi connectivity index (χ1v) is 5.36. The Morgan fingerprint density at radius 3 is 2.47 bits per heavy atom. The van der Waals surface area contributed by atoms with E-state index in [0.29, 0.717) is 13.2 Å². The van der Waals surface area contributed by atoms with E-state index in [1.54, 1.807) is 25.8 Å². The van der Waals surface area contributed by atoms with Crippen LogP contribution in [0.25, 0.3) is 0 Å². The molecule has 1 unspecified atom stereocenters. The summed E-state index contributed by atoms with van der Waals surface area (Å²) in [5.74, 6) is -0.0956. The van der Waals surface area contributed by atoms with Crippen molar-refractivity contribution in [3.8, 4) is 0 Å². The van der Waals surface area contributed by atoms with E-state index in [1.165, 1.54) is 0 Å². The van der Waals surface area contributed by atoms with E-state index in [0.717, 1.165) is 0 Å². The molecule has 0 radical (unpaired) electrons. The zero-order valence-corrected chi connectivity index (χ0v) is 10.4. The van der Waals surface area contributed by atoms with E-state index in [9.17, 15) is 9.90 Å². The highest BCUT2D eigenvalue weighted by Gasteiger charge is 2.27. The average molecular weight is 217 g/mol. The van der Waals surface area contributed by atoms with Gasteiger partial charge in [-0.1, -0.05) is 13.8 Å². The number of ether oxygens (including phenoxy) is 1. The molecule has 1 N–H and O–H groups in total. The molecule has 0 aromatic heterocycles. The second kappa shape index (κ2) is 6.08. The lowest BCUT2D eigenvalue weighted by Gasteiger charge is -2.31. The first-order chi connectivity index (χ1) is 6.79. The normalized spacial score (nSPS) is 15.5. The van der Waals surface area contributed by atoms with Crippen LogP contribution in [-0.2, 0) is 9.53 Å². The zero-order valence-electron chi connectivity index (χ0n) is 10.4. The van der Waals surface area contributed by atoms with Crippen molar-refractivity contribution in [1.29, 1.82) is 0 Å². The van der Waals surface area contributed by atoms with E-state index in [4.69, 9.17) is 4.74 Å². The van der Waals surface area contributed by atoms with Gasteiger partial charge in [0.15, 0.2) is 0 Å². The van der Waals surface area contributed by atoms with Gasteiger partial charge in [0.2, 0.25) is 0 Å². The van der Waals surface area contributed by atoms with Crippen molar-refractivity contribution in [2.45, 2.75) is 33.3 Å². The van der Waals surface area contributed by atoms with Crippen LogP contribution in [0.4, 0.5) is 0 Å². The van der Waals surface area contributed by atoms with Gasteiger partial charge in [0.1, 0.15) is 0 Å². The summed E-state index contributed by atoms with van der Waals surface area (Å²) >= 11 is 0. The van der Waals surface area contributed by atoms with Gasteiger partial charge in [-0.2, -0.15) is 0 Å². The highest BCUT2D eigenvalue weighted by atomic mass is 16.5. The second-order valence-corrected chi connectivity index (χ2v) is 4.49. The molecule has 0 aliphatic heterocycles. The Labute approximate surface area is 92.2 Å². The second-order valence-electron chi connectivity index (χ2n) is 4.49. The van der Waals surface area contributed by atoms with Gasteiger partial charge in [0.05, 0.1) is 18.8 Å². The number of hydrogen-bond acceptors (Lipinski definition) is 4. The van der Waals surface area contributed by atoms with E-state index >= 15 is 0 Å². The molecule has 0 spiro atoms. The average Bonchev–Trinajstić information content (AvgIpc) is 2.02. The fourth-order valence-corrected chi connectivity index (χ4v) is 1.21. The molecule has 0 saturated carbocycles. The van der Waals surface area contributed by atoms with Gasteiger partial charge >= 0.3 is 5.97 Å². The van der Waals surface area contributed by atoms with Gasteiger partial charge in [-0.25, -0.2) is 0 Å². The molecular formula is C11H23NO3. The van der Waals surface area contributed by atoms with Gasteiger partial charge in [0, 0.05) is 6.54 Å². The van der Waals surface area contributed by atoms with Crippen molar-refractivity contribution in [3.63, 3.8) is 0 Å². The summed E-state index contributed by atoms with van der Waals surface area (Å²) in [4.78, 5) is 12.9. The maximum atomic E-state index is 11.2. The highest BCUT2D eigenvalue weighted by molar-refractivity contribution is 5.71. The highest BCUT2D eigenvalue weighted by Crippen LogP contribution is 2.16. The van der Waals surface area contributed by atoms with Crippen LogP contribution in [0.5, 0.6) is 0 Å². The van der Waals surface area contributed by atoms with Crippen molar-refractivity contribution in [2.24, 2.45) is 5.92 Å². The summed E-state index contributed by atoms with van der Waals surface area (Å²) in [5.41, 5.74) is -0.777. The number of aliphatic hydroxyl groups is 1. The fourth-order valence-electron chi connectivity index (χ4n) is 1.21. The number of esters is 1. The minimum Gasteiger partial charge on any atom is -0.465 e. The van der Waals surface area contributed by atoms with Gasteiger partial charge in [0.25, 0.3) is 0 Å². The molecule has 0 rings (SSSR count). The summed E-state index contributed by atoms with van der Waals surface area (Å²) in [5, 5.41) is 10.0. The van der Waals surface area contributed by atoms with E-state index in [-0.39, 0.29) is 18.4 Å². The molecule has 0 amide bonds. The maximum Gasteiger partial charge on any atom is 0.320 e. The molecule has 1 atom stereocenters. The summed E-state index contributed by atoms with van der Waals surface area (Å²) in [6, 6.07) is 0. The van der Waals surface area contributed by atoms with Crippen LogP contribution >= 0.6 is 0 Å². The Bertz CT molecular complexity index is 202. The van der Waals surface area contributed by atoms with Crippen LogP contribution < -0.4 is 0 Å². The van der Waals surface area contributed by atoms with Crippen LogP contribution in [-0.4, -0.2) is 48.3 Å². The number of likely N-dealkylation sites (N-methyl/N-ethyl adjacent to an activating group) is 1. The Hall–Kier alpha value is -0.610. The van der Waals surface area contributed by atoms with Crippen LogP contribution in [0.15, 0.2) is 0 Å². The van der Waals surface area contributed by atoms with Crippen molar-refractivity contribution < 1.29 is 14.6 Å². The Kier molecular flexibility index (Phi) is 5.83. The predicted molar refractivity (Wildman–Crippen MR) is 59.6 cm³/mol. The molecule has 0 bridgehead atoms. The summed E-state index contributed by atoms with van der Waals surface area (Å²) < 4.78 is 4.83. The first-order valence-electron chi connectivity index (χ1n) is 5.36. The van der Waals surface area contributed by atoms with Crippen molar-refractivity contribution in [2.75, 3.05) is 26.7 Å². The first kappa shape index (κ1) is 14.4. The van der Waals surface area contributed by atoms with Crippen LogP contribution in [0.2, 0.25) is 0 Å². The third kappa shape index (κ3) is 5.74. The Morgan fingerprint density at radius 2 is 2.07 bits per heavy atom. The molecule has 0 aromatic carbocycles. The standard InChI is InChI=1S/C11H23NO3/c1-6-15-10(13)7-12(5)8-11(4,14)9(2)3/h9,14H,6-8H2,1-5H3. The number of carbonyl (C=O) groups excluding carboxylic acids is 1. The summed E-state index contributed by atoms with van der Waals surface area (Å²) in [7, 11) is 1.80. The zero-order chi connectivity index (χ0) is 12.1. The third-order valence-corrected chi connectivity index (χ3v) is 2.54. The number of carbonyl (C=O) groups is 1. The van der Waals surface area contributed by atoms with Crippen molar-refractivity contribution in [1.82, 2.24) is 4.90 Å². The monoisotopic (exact) mass is 217 g/mol. The van der Waals surface area contributed by atoms with Gasteiger partial charge in [-0.15, -0.1) is 0 Å². The van der Waals surface area contributed by atoms with E-state index < -0.39 is 5.60 Å². The van der Waals surface area contributed by atoms with Gasteiger partial charge < -0.3 is 9.84 Å². The largest absolute Gasteiger partial charge is 0.465 e. The minimum atomic E-state index is -0.777. The predicted octanol–water partition coefficient (Wildman–Crippen LogP) is 0.888. The molecule has 0 aliphatic carbocycles. The molecule has 0 saturated heterocycles. The SMILES string of the molecule is CCOC(=O)CN(C)CC(C)(O)C(C)C. The molecule has 4 nitrogen and oxygen atoms in total. The lowest BCUT2D eigenvalue weighted by Crippen LogP contribution is -2.44. The van der Waals surface area contributed by atoms with Gasteiger partial charge in [-0.05, 0) is 26.8 Å². The van der Waals surface area contributed by atoms with E-state index in [1.807, 2.05) is 13.8 Å². The fraction of sp³-hybridized carbons (Fsp3) is 0.909. The minimum absolute atomic E-state index is 0.155. The Balaban J connectivity index is 4.03. The van der Waals surface area contributed by atoms with Crippen LogP contribution in [0.3, 0.4) is 0 Å². The summed E-state index contributed by atoms with van der Waals surface area (Å²) in [6.07, 6.45) is 0. The number of hydrogen-bond donors (Lipinski definition) is 1. The van der Waals surface area contributed by atoms with Crippen LogP contribution in [0, 0.1) is 5.92 Å². The molecule has 15 heavy (non-hydrogen) atoms.